The van der Waals surface area contributed by atoms with Crippen LogP contribution in [0, 0.1) is 5.92 Å². The molecule has 0 atom stereocenters. The Kier molecular flexibility index (Phi) is 3.30. The molecule has 4 heteroatoms. The predicted octanol–water partition coefficient (Wildman–Crippen LogP) is 1.18. The summed E-state index contributed by atoms with van der Waals surface area (Å²) in [5.41, 5.74) is 2.51. The molecular formula is C16H22N2O2. The first-order chi connectivity index (χ1) is 9.51. The van der Waals surface area contributed by atoms with Gasteiger partial charge in [0.25, 0.3) is 5.91 Å². The van der Waals surface area contributed by atoms with E-state index in [2.05, 4.69) is 11.4 Å². The molecule has 0 unspecified atom stereocenters. The standard InChI is InChI=1S/C16H22N2O2/c1-11(2)16(20)9-18(10-16)15(19)14-5-3-4-12-8-17-7-6-13(12)14/h3-5,11,17,20H,6-10H2,1-2H3. The fourth-order valence-electron chi connectivity index (χ4n) is 3.03. The Bertz CT molecular complexity index is 533. The lowest BCUT2D eigenvalue weighted by molar-refractivity contribution is -0.110. The number of carbonyl (C=O) groups is 1. The molecule has 0 aromatic heterocycles. The number of aliphatic hydroxyl groups is 1. The lowest BCUT2D eigenvalue weighted by Gasteiger charge is -2.49. The number of rotatable bonds is 2. The Morgan fingerprint density at radius 1 is 1.40 bits per heavy atom. The van der Waals surface area contributed by atoms with Crippen LogP contribution in [-0.2, 0) is 13.0 Å². The van der Waals surface area contributed by atoms with Gasteiger partial charge in [-0.25, -0.2) is 0 Å². The largest absolute Gasteiger partial charge is 0.386 e. The lowest BCUT2D eigenvalue weighted by Crippen LogP contribution is -2.66. The number of benzene rings is 1. The zero-order valence-corrected chi connectivity index (χ0v) is 12.1. The SMILES string of the molecule is CC(C)C1(O)CN(C(=O)c2cccc3c2CCNC3)C1. The minimum Gasteiger partial charge on any atom is -0.386 e. The summed E-state index contributed by atoms with van der Waals surface area (Å²) >= 11 is 0. The summed E-state index contributed by atoms with van der Waals surface area (Å²) in [6, 6.07) is 5.95. The Morgan fingerprint density at radius 2 is 2.15 bits per heavy atom. The number of hydrogen-bond donors (Lipinski definition) is 2. The van der Waals surface area contributed by atoms with Crippen LogP contribution in [0.5, 0.6) is 0 Å². The van der Waals surface area contributed by atoms with Crippen molar-refractivity contribution >= 4 is 5.91 Å². The van der Waals surface area contributed by atoms with Gasteiger partial charge in [0.15, 0.2) is 0 Å². The number of fused-ring (bicyclic) bond motifs is 1. The summed E-state index contributed by atoms with van der Waals surface area (Å²) in [6.07, 6.45) is 0.902. The van der Waals surface area contributed by atoms with Crippen LogP contribution in [0.2, 0.25) is 0 Å². The first-order valence-electron chi connectivity index (χ1n) is 7.34. The molecule has 0 spiro atoms. The smallest absolute Gasteiger partial charge is 0.254 e. The predicted molar refractivity (Wildman–Crippen MR) is 77.5 cm³/mol. The highest BCUT2D eigenvalue weighted by atomic mass is 16.3. The van der Waals surface area contributed by atoms with Crippen molar-refractivity contribution in [2.45, 2.75) is 32.4 Å². The number of nitrogens with one attached hydrogen (secondary N) is 1. The number of β-amino-alcohol motifs (C(OH)–C–C–N with tert-alkyl or cyclic N) is 1. The third kappa shape index (κ3) is 2.13. The Balaban J connectivity index is 1.80. The Hall–Kier alpha value is -1.39. The van der Waals surface area contributed by atoms with Crippen LogP contribution in [0.15, 0.2) is 18.2 Å². The van der Waals surface area contributed by atoms with Crippen molar-refractivity contribution in [2.75, 3.05) is 19.6 Å². The van der Waals surface area contributed by atoms with Crippen LogP contribution >= 0.6 is 0 Å². The molecule has 108 valence electrons. The van der Waals surface area contributed by atoms with Crippen LogP contribution in [0.4, 0.5) is 0 Å². The maximum Gasteiger partial charge on any atom is 0.254 e. The average molecular weight is 274 g/mol. The Labute approximate surface area is 119 Å². The Morgan fingerprint density at radius 3 is 2.85 bits per heavy atom. The molecule has 1 amide bonds. The molecule has 1 fully saturated rings. The highest BCUT2D eigenvalue weighted by Crippen LogP contribution is 2.31. The summed E-state index contributed by atoms with van der Waals surface area (Å²) in [7, 11) is 0. The number of amides is 1. The first-order valence-corrected chi connectivity index (χ1v) is 7.34. The van der Waals surface area contributed by atoms with Crippen molar-refractivity contribution in [2.24, 2.45) is 5.92 Å². The van der Waals surface area contributed by atoms with Gasteiger partial charge in [-0.3, -0.25) is 4.79 Å². The molecular weight excluding hydrogens is 252 g/mol. The van der Waals surface area contributed by atoms with Crippen LogP contribution in [0.25, 0.3) is 0 Å². The topological polar surface area (TPSA) is 52.6 Å². The number of carbonyl (C=O) groups excluding carboxylic acids is 1. The second-order valence-electron chi connectivity index (χ2n) is 6.29. The minimum absolute atomic E-state index is 0.0640. The summed E-state index contributed by atoms with van der Waals surface area (Å²) in [5, 5.41) is 13.6. The average Bonchev–Trinajstić information content (AvgIpc) is 2.42. The van der Waals surface area contributed by atoms with Crippen molar-refractivity contribution in [1.29, 1.82) is 0 Å². The summed E-state index contributed by atoms with van der Waals surface area (Å²) in [4.78, 5) is 14.4. The van der Waals surface area contributed by atoms with Crippen molar-refractivity contribution < 1.29 is 9.90 Å². The van der Waals surface area contributed by atoms with Gasteiger partial charge in [0.1, 0.15) is 5.60 Å². The molecule has 4 nitrogen and oxygen atoms in total. The van der Waals surface area contributed by atoms with Crippen LogP contribution in [-0.4, -0.2) is 41.1 Å². The second-order valence-corrected chi connectivity index (χ2v) is 6.29. The molecule has 0 saturated carbocycles. The number of hydrogen-bond acceptors (Lipinski definition) is 3. The third-order valence-electron chi connectivity index (χ3n) is 4.66. The number of nitrogens with zero attached hydrogens (tertiary/aromatic N) is 1. The van der Waals surface area contributed by atoms with E-state index in [1.165, 1.54) is 11.1 Å². The van der Waals surface area contributed by atoms with Crippen LogP contribution in [0.3, 0.4) is 0 Å². The molecule has 0 radical (unpaired) electrons. The van der Waals surface area contributed by atoms with Gasteiger partial charge in [-0.2, -0.15) is 0 Å². The van der Waals surface area contributed by atoms with Gasteiger partial charge >= 0.3 is 0 Å². The van der Waals surface area contributed by atoms with Gasteiger partial charge in [-0.15, -0.1) is 0 Å². The van der Waals surface area contributed by atoms with E-state index in [0.717, 1.165) is 25.1 Å². The van der Waals surface area contributed by atoms with E-state index >= 15 is 0 Å². The van der Waals surface area contributed by atoms with Crippen LogP contribution < -0.4 is 5.32 Å². The summed E-state index contributed by atoms with van der Waals surface area (Å²) in [6.45, 7) is 6.66. The molecule has 1 aromatic rings. The molecule has 0 bridgehead atoms. The van der Waals surface area contributed by atoms with E-state index in [1.807, 2.05) is 26.0 Å². The van der Waals surface area contributed by atoms with Gasteiger partial charge in [0.2, 0.25) is 0 Å². The van der Waals surface area contributed by atoms with E-state index in [1.54, 1.807) is 4.90 Å². The molecule has 0 aliphatic carbocycles. The quantitative estimate of drug-likeness (QED) is 0.851. The molecule has 2 aliphatic rings. The van der Waals surface area contributed by atoms with Gasteiger partial charge < -0.3 is 15.3 Å². The highest BCUT2D eigenvalue weighted by Gasteiger charge is 2.46. The maximum absolute atomic E-state index is 12.6. The van der Waals surface area contributed by atoms with Gasteiger partial charge in [0.05, 0.1) is 13.1 Å². The van der Waals surface area contributed by atoms with Gasteiger partial charge in [-0.1, -0.05) is 26.0 Å². The second kappa shape index (κ2) is 4.86. The molecule has 3 rings (SSSR count). The van der Waals surface area contributed by atoms with E-state index in [4.69, 9.17) is 0 Å². The molecule has 2 N–H and O–H groups in total. The van der Waals surface area contributed by atoms with Crippen LogP contribution in [0.1, 0.15) is 35.3 Å². The van der Waals surface area contributed by atoms with E-state index < -0.39 is 5.60 Å². The maximum atomic E-state index is 12.6. The monoisotopic (exact) mass is 274 g/mol. The van der Waals surface area contributed by atoms with Crippen molar-refractivity contribution in [1.82, 2.24) is 10.2 Å². The zero-order valence-electron chi connectivity index (χ0n) is 12.1. The molecule has 20 heavy (non-hydrogen) atoms. The van der Waals surface area contributed by atoms with E-state index in [0.29, 0.717) is 13.1 Å². The molecule has 1 aromatic carbocycles. The minimum atomic E-state index is -0.702. The molecule has 1 saturated heterocycles. The summed E-state index contributed by atoms with van der Waals surface area (Å²) < 4.78 is 0. The lowest BCUT2D eigenvalue weighted by atomic mass is 9.82. The first kappa shape index (κ1) is 13.6. The highest BCUT2D eigenvalue weighted by molar-refractivity contribution is 5.96. The molecule has 2 aliphatic heterocycles. The van der Waals surface area contributed by atoms with E-state index in [-0.39, 0.29) is 11.8 Å². The fraction of sp³-hybridized carbons (Fsp3) is 0.562. The summed E-state index contributed by atoms with van der Waals surface area (Å²) in [5.74, 6) is 0.245. The fourth-order valence-corrected chi connectivity index (χ4v) is 3.03. The molecule has 2 heterocycles. The van der Waals surface area contributed by atoms with Crippen molar-refractivity contribution in [3.05, 3.63) is 34.9 Å². The van der Waals surface area contributed by atoms with Crippen molar-refractivity contribution in [3.63, 3.8) is 0 Å². The van der Waals surface area contributed by atoms with E-state index in [9.17, 15) is 9.90 Å². The zero-order chi connectivity index (χ0) is 14.3. The van der Waals surface area contributed by atoms with Crippen molar-refractivity contribution in [3.8, 4) is 0 Å². The third-order valence-corrected chi connectivity index (χ3v) is 4.66. The number of likely N-dealkylation sites (tertiary alicyclic amines) is 1. The van der Waals surface area contributed by atoms with Gasteiger partial charge in [0, 0.05) is 12.1 Å². The van der Waals surface area contributed by atoms with Gasteiger partial charge in [-0.05, 0) is 36.1 Å². The normalized spacial score (nSPS) is 20.5.